The van der Waals surface area contributed by atoms with Crippen molar-refractivity contribution in [3.05, 3.63) is 23.3 Å². The highest BCUT2D eigenvalue weighted by atomic mass is 16.6. The topological polar surface area (TPSA) is 44.5 Å². The summed E-state index contributed by atoms with van der Waals surface area (Å²) < 4.78 is 11.2. The maximum absolute atomic E-state index is 5.61. The Morgan fingerprint density at radius 3 is 2.53 bits per heavy atom. The van der Waals surface area contributed by atoms with Gasteiger partial charge in [0.15, 0.2) is 11.5 Å². The van der Waals surface area contributed by atoms with E-state index in [1.54, 1.807) is 0 Å². The fourth-order valence-electron chi connectivity index (χ4n) is 2.21. The highest BCUT2D eigenvalue weighted by Gasteiger charge is 2.15. The summed E-state index contributed by atoms with van der Waals surface area (Å²) in [5, 5.41) is 0. The first-order valence-corrected chi connectivity index (χ1v) is 6.30. The van der Waals surface area contributed by atoms with Crippen LogP contribution in [0.4, 0.5) is 0 Å². The smallest absolute Gasteiger partial charge is 0.161 e. The molecule has 0 aromatic heterocycles. The van der Waals surface area contributed by atoms with E-state index in [4.69, 9.17) is 15.2 Å². The van der Waals surface area contributed by atoms with Crippen LogP contribution in [0.1, 0.15) is 24.5 Å². The van der Waals surface area contributed by atoms with E-state index in [0.717, 1.165) is 30.9 Å². The molecule has 0 spiro atoms. The molecular formula is C14H21NO2. The molecule has 0 bridgehead atoms. The minimum atomic E-state index is 0.612. The quantitative estimate of drug-likeness (QED) is 0.871. The zero-order chi connectivity index (χ0) is 12.3. The van der Waals surface area contributed by atoms with E-state index in [1.807, 2.05) is 0 Å². The maximum Gasteiger partial charge on any atom is 0.161 e. The van der Waals surface area contributed by atoms with Gasteiger partial charge in [-0.15, -0.1) is 0 Å². The van der Waals surface area contributed by atoms with Gasteiger partial charge >= 0.3 is 0 Å². The molecule has 1 heterocycles. The summed E-state index contributed by atoms with van der Waals surface area (Å²) in [4.78, 5) is 0. The van der Waals surface area contributed by atoms with Crippen molar-refractivity contribution in [3.8, 4) is 11.5 Å². The zero-order valence-corrected chi connectivity index (χ0v) is 10.7. The molecule has 1 atom stereocenters. The molecule has 1 aromatic carbocycles. The summed E-state index contributed by atoms with van der Waals surface area (Å²) in [5.41, 5.74) is 8.21. The summed E-state index contributed by atoms with van der Waals surface area (Å²) in [7, 11) is 0. The van der Waals surface area contributed by atoms with Crippen LogP contribution in [-0.2, 0) is 6.42 Å². The standard InChI is InChI=1S/C14H21NO2/c1-10(3-4-15)7-12-9-14-13(8-11(12)2)16-5-6-17-14/h8-10H,3-7,15H2,1-2H3. The lowest BCUT2D eigenvalue weighted by atomic mass is 9.94. The lowest BCUT2D eigenvalue weighted by Gasteiger charge is -2.21. The van der Waals surface area contributed by atoms with Crippen molar-refractivity contribution in [2.75, 3.05) is 19.8 Å². The molecule has 1 aliphatic heterocycles. The Balaban J connectivity index is 2.16. The maximum atomic E-state index is 5.61. The van der Waals surface area contributed by atoms with Crippen LogP contribution in [0.3, 0.4) is 0 Å². The Bertz CT molecular complexity index is 390. The van der Waals surface area contributed by atoms with Crippen molar-refractivity contribution >= 4 is 0 Å². The first kappa shape index (κ1) is 12.2. The molecule has 0 aliphatic carbocycles. The average molecular weight is 235 g/mol. The van der Waals surface area contributed by atoms with E-state index < -0.39 is 0 Å². The van der Waals surface area contributed by atoms with Gasteiger partial charge in [-0.2, -0.15) is 0 Å². The summed E-state index contributed by atoms with van der Waals surface area (Å²) >= 11 is 0. The van der Waals surface area contributed by atoms with Crippen LogP contribution in [0.5, 0.6) is 11.5 Å². The van der Waals surface area contributed by atoms with Crippen LogP contribution >= 0.6 is 0 Å². The fraction of sp³-hybridized carbons (Fsp3) is 0.571. The molecule has 1 aromatic rings. The Morgan fingerprint density at radius 1 is 1.24 bits per heavy atom. The van der Waals surface area contributed by atoms with Crippen molar-refractivity contribution in [2.24, 2.45) is 11.7 Å². The highest BCUT2D eigenvalue weighted by molar-refractivity contribution is 5.47. The van der Waals surface area contributed by atoms with Gasteiger partial charge in [-0.25, -0.2) is 0 Å². The lowest BCUT2D eigenvalue weighted by Crippen LogP contribution is -2.16. The van der Waals surface area contributed by atoms with Gasteiger partial charge in [0.05, 0.1) is 0 Å². The van der Waals surface area contributed by atoms with Crippen LogP contribution < -0.4 is 15.2 Å². The van der Waals surface area contributed by atoms with E-state index in [9.17, 15) is 0 Å². The first-order chi connectivity index (χ1) is 8.20. The summed E-state index contributed by atoms with van der Waals surface area (Å²) in [6, 6.07) is 4.20. The molecular weight excluding hydrogens is 214 g/mol. The van der Waals surface area contributed by atoms with Gasteiger partial charge in [0.25, 0.3) is 0 Å². The van der Waals surface area contributed by atoms with Gasteiger partial charge in [0.1, 0.15) is 13.2 Å². The molecule has 2 N–H and O–H groups in total. The number of rotatable bonds is 4. The van der Waals surface area contributed by atoms with Gasteiger partial charge in [-0.1, -0.05) is 6.92 Å². The third-order valence-corrected chi connectivity index (χ3v) is 3.23. The van der Waals surface area contributed by atoms with Gasteiger partial charge in [0.2, 0.25) is 0 Å². The second-order valence-electron chi connectivity index (χ2n) is 4.81. The van der Waals surface area contributed by atoms with Crippen molar-refractivity contribution in [1.29, 1.82) is 0 Å². The molecule has 94 valence electrons. The molecule has 0 saturated carbocycles. The van der Waals surface area contributed by atoms with E-state index in [0.29, 0.717) is 19.1 Å². The Hall–Kier alpha value is -1.22. The zero-order valence-electron chi connectivity index (χ0n) is 10.7. The molecule has 0 amide bonds. The molecule has 0 radical (unpaired) electrons. The number of nitrogens with two attached hydrogens (primary N) is 1. The predicted octanol–water partition coefficient (Wildman–Crippen LogP) is 2.29. The van der Waals surface area contributed by atoms with Crippen LogP contribution in [0.25, 0.3) is 0 Å². The van der Waals surface area contributed by atoms with Crippen LogP contribution in [0, 0.1) is 12.8 Å². The van der Waals surface area contributed by atoms with Crippen molar-refractivity contribution in [3.63, 3.8) is 0 Å². The average Bonchev–Trinajstić information content (AvgIpc) is 2.30. The lowest BCUT2D eigenvalue weighted by molar-refractivity contribution is 0.171. The van der Waals surface area contributed by atoms with Crippen molar-refractivity contribution < 1.29 is 9.47 Å². The molecule has 1 aliphatic rings. The number of aryl methyl sites for hydroxylation is 1. The van der Waals surface area contributed by atoms with Crippen molar-refractivity contribution in [2.45, 2.75) is 26.7 Å². The van der Waals surface area contributed by atoms with E-state index in [-0.39, 0.29) is 0 Å². The minimum Gasteiger partial charge on any atom is -0.486 e. The second-order valence-corrected chi connectivity index (χ2v) is 4.81. The number of fused-ring (bicyclic) bond motifs is 1. The molecule has 3 nitrogen and oxygen atoms in total. The van der Waals surface area contributed by atoms with Crippen LogP contribution in [0.2, 0.25) is 0 Å². The predicted molar refractivity (Wildman–Crippen MR) is 68.7 cm³/mol. The van der Waals surface area contributed by atoms with Gasteiger partial charge in [-0.05, 0) is 55.5 Å². The molecule has 0 fully saturated rings. The molecule has 1 unspecified atom stereocenters. The van der Waals surface area contributed by atoms with E-state index in [2.05, 4.69) is 26.0 Å². The number of ether oxygens (including phenoxy) is 2. The van der Waals surface area contributed by atoms with E-state index in [1.165, 1.54) is 11.1 Å². The Kier molecular flexibility index (Phi) is 3.89. The van der Waals surface area contributed by atoms with Gasteiger partial charge in [0, 0.05) is 0 Å². The van der Waals surface area contributed by atoms with Crippen molar-refractivity contribution in [1.82, 2.24) is 0 Å². The molecule has 3 heteroatoms. The largest absolute Gasteiger partial charge is 0.486 e. The molecule has 2 rings (SSSR count). The SMILES string of the molecule is Cc1cc2c(cc1CC(C)CCN)OCCO2. The van der Waals surface area contributed by atoms with Crippen LogP contribution in [0.15, 0.2) is 12.1 Å². The minimum absolute atomic E-state index is 0.612. The normalized spacial score (nSPS) is 15.7. The van der Waals surface area contributed by atoms with Crippen LogP contribution in [-0.4, -0.2) is 19.8 Å². The van der Waals surface area contributed by atoms with Gasteiger partial charge < -0.3 is 15.2 Å². The number of hydrogen-bond donors (Lipinski definition) is 1. The highest BCUT2D eigenvalue weighted by Crippen LogP contribution is 2.33. The van der Waals surface area contributed by atoms with E-state index >= 15 is 0 Å². The Morgan fingerprint density at radius 2 is 1.88 bits per heavy atom. The third-order valence-electron chi connectivity index (χ3n) is 3.23. The summed E-state index contributed by atoms with van der Waals surface area (Å²) in [6.07, 6.45) is 2.12. The third kappa shape index (κ3) is 2.91. The second kappa shape index (κ2) is 5.41. The number of hydrogen-bond acceptors (Lipinski definition) is 3. The Labute approximate surface area is 103 Å². The molecule has 17 heavy (non-hydrogen) atoms. The summed E-state index contributed by atoms with van der Waals surface area (Å²) in [5.74, 6) is 2.38. The first-order valence-electron chi connectivity index (χ1n) is 6.30. The molecule has 0 saturated heterocycles. The monoisotopic (exact) mass is 235 g/mol. The summed E-state index contributed by atoms with van der Waals surface area (Å²) in [6.45, 7) is 6.42. The number of benzene rings is 1. The van der Waals surface area contributed by atoms with Gasteiger partial charge in [-0.3, -0.25) is 0 Å². The fourth-order valence-corrected chi connectivity index (χ4v) is 2.21.